The van der Waals surface area contributed by atoms with Crippen LogP contribution in [0.4, 0.5) is 0 Å². The first-order valence-electron chi connectivity index (χ1n) is 12.4. The van der Waals surface area contributed by atoms with E-state index in [1.807, 2.05) is 63.2 Å². The van der Waals surface area contributed by atoms with Gasteiger partial charge in [0.15, 0.2) is 0 Å². The minimum Gasteiger partial charge on any atom is -0.466 e. The molecule has 1 aromatic rings. The number of hydrogen-bond acceptors (Lipinski definition) is 8. The van der Waals surface area contributed by atoms with Crippen molar-refractivity contribution in [3.63, 3.8) is 0 Å². The number of nitrogens with one attached hydrogen (secondary N) is 1. The third-order valence-electron chi connectivity index (χ3n) is 5.80. The van der Waals surface area contributed by atoms with Crippen molar-refractivity contribution >= 4 is 17.8 Å². The zero-order chi connectivity index (χ0) is 26.0. The van der Waals surface area contributed by atoms with Crippen LogP contribution in [0.15, 0.2) is 30.3 Å². The summed E-state index contributed by atoms with van der Waals surface area (Å²) in [6.45, 7) is 12.5. The number of rotatable bonds is 11. The number of nitrogens with zero attached hydrogens (tertiary/aromatic N) is 3. The van der Waals surface area contributed by atoms with Gasteiger partial charge < -0.3 is 19.7 Å². The summed E-state index contributed by atoms with van der Waals surface area (Å²) < 4.78 is 10.7. The summed E-state index contributed by atoms with van der Waals surface area (Å²) in [5, 5.41) is 6.68. The zero-order valence-electron chi connectivity index (χ0n) is 22.1. The minimum atomic E-state index is -0.628. The van der Waals surface area contributed by atoms with Crippen molar-refractivity contribution in [2.45, 2.75) is 58.6 Å². The van der Waals surface area contributed by atoms with Crippen molar-refractivity contribution in [3.8, 4) is 0 Å². The van der Waals surface area contributed by atoms with E-state index in [4.69, 9.17) is 9.47 Å². The first-order valence-corrected chi connectivity index (χ1v) is 12.4. The maximum atomic E-state index is 13.4. The van der Waals surface area contributed by atoms with E-state index in [9.17, 15) is 14.4 Å². The third kappa shape index (κ3) is 9.58. The second-order valence-electron chi connectivity index (χ2n) is 9.92. The van der Waals surface area contributed by atoms with Crippen molar-refractivity contribution in [1.29, 1.82) is 0 Å². The first-order chi connectivity index (χ1) is 16.5. The molecule has 0 spiro atoms. The Morgan fingerprint density at radius 3 is 2.29 bits per heavy atom. The molecular formula is C26H42N4O5. The maximum Gasteiger partial charge on any atom is 0.327 e. The Kier molecular flexibility index (Phi) is 11.1. The van der Waals surface area contributed by atoms with Crippen LogP contribution < -0.4 is 5.32 Å². The van der Waals surface area contributed by atoms with Crippen molar-refractivity contribution in [1.82, 2.24) is 20.2 Å². The van der Waals surface area contributed by atoms with Gasteiger partial charge in [-0.3, -0.25) is 19.4 Å². The zero-order valence-corrected chi connectivity index (χ0v) is 22.1. The lowest BCUT2D eigenvalue weighted by molar-refractivity contribution is -0.172. The lowest BCUT2D eigenvalue weighted by Gasteiger charge is -2.40. The molecule has 2 atom stereocenters. The Labute approximate surface area is 209 Å². The molecule has 1 N–H and O–H groups in total. The van der Waals surface area contributed by atoms with Gasteiger partial charge in [-0.05, 0) is 60.2 Å². The van der Waals surface area contributed by atoms with Gasteiger partial charge in [0, 0.05) is 26.2 Å². The van der Waals surface area contributed by atoms with Crippen LogP contribution in [0.25, 0.3) is 0 Å². The molecule has 9 heteroatoms. The summed E-state index contributed by atoms with van der Waals surface area (Å²) in [6, 6.07) is 8.97. The average molecular weight is 491 g/mol. The Hall–Kier alpha value is -2.49. The van der Waals surface area contributed by atoms with E-state index in [1.165, 1.54) is 5.01 Å². The van der Waals surface area contributed by atoms with Crippen molar-refractivity contribution in [2.24, 2.45) is 0 Å². The topological polar surface area (TPSA) is 91.4 Å². The number of ether oxygens (including phenoxy) is 2. The van der Waals surface area contributed by atoms with Crippen molar-refractivity contribution < 1.29 is 23.9 Å². The number of likely N-dealkylation sites (N-methyl/N-ethyl adjacent to an activating group) is 1. The summed E-state index contributed by atoms with van der Waals surface area (Å²) in [7, 11) is 2.04. The maximum absolute atomic E-state index is 13.4. The fourth-order valence-corrected chi connectivity index (χ4v) is 3.95. The third-order valence-corrected chi connectivity index (χ3v) is 5.80. The molecule has 35 heavy (non-hydrogen) atoms. The highest BCUT2D eigenvalue weighted by atomic mass is 16.6. The number of amides is 1. The molecule has 0 bridgehead atoms. The molecule has 0 radical (unpaired) electrons. The molecule has 1 amide bonds. The molecule has 1 heterocycles. The van der Waals surface area contributed by atoms with Gasteiger partial charge in [-0.15, -0.1) is 0 Å². The van der Waals surface area contributed by atoms with E-state index in [0.29, 0.717) is 32.7 Å². The van der Waals surface area contributed by atoms with Crippen LogP contribution in [0.5, 0.6) is 0 Å². The number of carbonyl (C=O) groups is 3. The Balaban J connectivity index is 2.04. The molecule has 1 aromatic carbocycles. The first kappa shape index (κ1) is 28.7. The van der Waals surface area contributed by atoms with Crippen molar-refractivity contribution in [3.05, 3.63) is 35.9 Å². The Morgan fingerprint density at radius 2 is 1.71 bits per heavy atom. The number of piperazine rings is 1. The average Bonchev–Trinajstić information content (AvgIpc) is 2.80. The van der Waals surface area contributed by atoms with Crippen LogP contribution in [0.3, 0.4) is 0 Å². The molecule has 1 aliphatic heterocycles. The number of esters is 2. The van der Waals surface area contributed by atoms with Crippen LogP contribution in [0.1, 0.15) is 52.5 Å². The number of hydrogen-bond donors (Lipinski definition) is 1. The van der Waals surface area contributed by atoms with E-state index in [0.717, 1.165) is 18.7 Å². The van der Waals surface area contributed by atoms with E-state index >= 15 is 0 Å². The normalized spacial score (nSPS) is 16.9. The SMILES string of the molecule is CCOC(=O)C(CCN[C@@H](C)C(=O)N(CC(=O)OC(C)(C)C)N1CCN(C)CC1)c1ccccc1. The van der Waals surface area contributed by atoms with Gasteiger partial charge in [-0.1, -0.05) is 30.3 Å². The van der Waals surface area contributed by atoms with E-state index in [-0.39, 0.29) is 18.4 Å². The molecule has 0 aromatic heterocycles. The van der Waals surface area contributed by atoms with E-state index in [1.54, 1.807) is 13.8 Å². The molecule has 1 saturated heterocycles. The van der Waals surface area contributed by atoms with Crippen LogP contribution in [-0.2, 0) is 23.9 Å². The quantitative estimate of drug-likeness (QED) is 0.471. The summed E-state index contributed by atoms with van der Waals surface area (Å²) in [5.74, 6) is -1.33. The van der Waals surface area contributed by atoms with Gasteiger partial charge in [0.2, 0.25) is 0 Å². The second kappa shape index (κ2) is 13.6. The molecule has 0 aliphatic carbocycles. The highest BCUT2D eigenvalue weighted by molar-refractivity contribution is 5.85. The fraction of sp³-hybridized carbons (Fsp3) is 0.654. The highest BCUT2D eigenvalue weighted by Gasteiger charge is 2.31. The van der Waals surface area contributed by atoms with Gasteiger partial charge in [0.05, 0.1) is 18.6 Å². The van der Waals surface area contributed by atoms with Gasteiger partial charge in [0.25, 0.3) is 5.91 Å². The summed E-state index contributed by atoms with van der Waals surface area (Å²) in [5.41, 5.74) is 0.257. The Morgan fingerprint density at radius 1 is 1.09 bits per heavy atom. The fourth-order valence-electron chi connectivity index (χ4n) is 3.95. The molecule has 1 unspecified atom stereocenters. The molecule has 2 rings (SSSR count). The lowest BCUT2D eigenvalue weighted by Crippen LogP contribution is -2.59. The largest absolute Gasteiger partial charge is 0.466 e. The van der Waals surface area contributed by atoms with Crippen LogP contribution in [0, 0.1) is 0 Å². The highest BCUT2D eigenvalue weighted by Crippen LogP contribution is 2.21. The standard InChI is InChI=1S/C26H42N4O5/c1-7-34-25(33)22(21-11-9-8-10-12-21)13-14-27-20(2)24(32)30(19-23(31)35-26(3,4)5)29-17-15-28(6)16-18-29/h8-12,20,22,27H,7,13-19H2,1-6H3/t20-,22?/m0/s1. The van der Waals surface area contributed by atoms with Crippen LogP contribution in [0.2, 0.25) is 0 Å². The molecule has 0 saturated carbocycles. The number of carbonyl (C=O) groups excluding carboxylic acids is 3. The van der Waals surface area contributed by atoms with Crippen molar-refractivity contribution in [2.75, 3.05) is 52.9 Å². The summed E-state index contributed by atoms with van der Waals surface area (Å²) in [6.07, 6.45) is 0.487. The number of hydrazine groups is 1. The molecule has 1 aliphatic rings. The van der Waals surface area contributed by atoms with Gasteiger partial charge in [-0.25, -0.2) is 5.01 Å². The van der Waals surface area contributed by atoms with E-state index in [2.05, 4.69) is 10.2 Å². The smallest absolute Gasteiger partial charge is 0.327 e. The molecule has 9 nitrogen and oxygen atoms in total. The molecular weight excluding hydrogens is 448 g/mol. The Bertz CT molecular complexity index is 819. The molecule has 1 fully saturated rings. The van der Waals surface area contributed by atoms with Crippen LogP contribution in [-0.4, -0.2) is 97.3 Å². The van der Waals surface area contributed by atoms with Gasteiger partial charge in [-0.2, -0.15) is 0 Å². The number of benzene rings is 1. The summed E-state index contributed by atoms with van der Waals surface area (Å²) in [4.78, 5) is 40.7. The van der Waals surface area contributed by atoms with Gasteiger partial charge in [0.1, 0.15) is 12.1 Å². The van der Waals surface area contributed by atoms with E-state index < -0.39 is 23.5 Å². The molecule has 196 valence electrons. The predicted molar refractivity (Wildman–Crippen MR) is 135 cm³/mol. The van der Waals surface area contributed by atoms with Crippen LogP contribution >= 0.6 is 0 Å². The summed E-state index contributed by atoms with van der Waals surface area (Å²) >= 11 is 0. The van der Waals surface area contributed by atoms with Gasteiger partial charge >= 0.3 is 11.9 Å². The predicted octanol–water partition coefficient (Wildman–Crippen LogP) is 2.03. The second-order valence-corrected chi connectivity index (χ2v) is 9.92. The minimum absolute atomic E-state index is 0.138. The monoisotopic (exact) mass is 490 g/mol. The lowest BCUT2D eigenvalue weighted by atomic mass is 9.95.